The lowest BCUT2D eigenvalue weighted by Crippen LogP contribution is -2.29. The minimum absolute atomic E-state index is 0.859. The smallest absolute Gasteiger partial charge is 0.0159 e. The third-order valence-electron chi connectivity index (χ3n) is 7.87. The van der Waals surface area contributed by atoms with Crippen molar-refractivity contribution in [1.82, 2.24) is 0 Å². The second-order valence-electron chi connectivity index (χ2n) is 9.73. The lowest BCUT2D eigenvalue weighted by atomic mass is 9.64. The van der Waals surface area contributed by atoms with E-state index in [4.69, 9.17) is 0 Å². The molecule has 1 aromatic carbocycles. The van der Waals surface area contributed by atoms with Gasteiger partial charge < -0.3 is 0 Å². The van der Waals surface area contributed by atoms with Crippen molar-refractivity contribution in [2.24, 2.45) is 23.7 Å². The van der Waals surface area contributed by atoms with Crippen LogP contribution in [0.5, 0.6) is 0 Å². The minimum Gasteiger partial charge on any atom is -0.0654 e. The topological polar surface area (TPSA) is 0 Å². The first kappa shape index (κ1) is 17.6. The van der Waals surface area contributed by atoms with Crippen molar-refractivity contribution < 1.29 is 0 Å². The first-order chi connectivity index (χ1) is 12.2. The van der Waals surface area contributed by atoms with Crippen LogP contribution in [0.25, 0.3) is 0 Å². The summed E-state index contributed by atoms with van der Waals surface area (Å²) in [7, 11) is 0. The van der Waals surface area contributed by atoms with Crippen LogP contribution >= 0.6 is 0 Å². The van der Waals surface area contributed by atoms with Gasteiger partial charge in [0.05, 0.1) is 0 Å². The Morgan fingerprint density at radius 1 is 0.920 bits per heavy atom. The zero-order valence-corrected chi connectivity index (χ0v) is 16.6. The summed E-state index contributed by atoms with van der Waals surface area (Å²) in [6.07, 6.45) is 17.3. The Kier molecular flexibility index (Phi) is 5.53. The highest BCUT2D eigenvalue weighted by Crippen LogP contribution is 2.47. The van der Waals surface area contributed by atoms with E-state index in [2.05, 4.69) is 32.0 Å². The summed E-state index contributed by atoms with van der Waals surface area (Å²) in [5, 5.41) is 0. The highest BCUT2D eigenvalue weighted by molar-refractivity contribution is 5.36. The van der Waals surface area contributed by atoms with Crippen molar-refractivity contribution in [3.63, 3.8) is 0 Å². The Morgan fingerprint density at radius 2 is 1.76 bits per heavy atom. The second kappa shape index (κ2) is 7.85. The van der Waals surface area contributed by atoms with Gasteiger partial charge in [-0.25, -0.2) is 0 Å². The van der Waals surface area contributed by atoms with Crippen LogP contribution in [0.3, 0.4) is 0 Å². The van der Waals surface area contributed by atoms with Gasteiger partial charge in [-0.1, -0.05) is 57.7 Å². The van der Waals surface area contributed by atoms with Crippen LogP contribution in [0.15, 0.2) is 18.2 Å². The van der Waals surface area contributed by atoms with E-state index in [1.54, 1.807) is 16.7 Å². The van der Waals surface area contributed by atoms with Gasteiger partial charge in [-0.15, -0.1) is 0 Å². The third-order valence-corrected chi connectivity index (χ3v) is 7.87. The zero-order chi connectivity index (χ0) is 17.2. The third kappa shape index (κ3) is 3.99. The largest absolute Gasteiger partial charge is 0.0654 e. The molecule has 1 aromatic rings. The fourth-order valence-electron chi connectivity index (χ4n) is 6.27. The molecule has 5 atom stereocenters. The van der Waals surface area contributed by atoms with E-state index in [1.807, 2.05) is 0 Å². The Hall–Kier alpha value is -0.780. The van der Waals surface area contributed by atoms with Crippen LogP contribution in [0.1, 0.15) is 101 Å². The lowest BCUT2D eigenvalue weighted by molar-refractivity contribution is 0.124. The second-order valence-corrected chi connectivity index (χ2v) is 9.73. The van der Waals surface area contributed by atoms with Gasteiger partial charge in [0.1, 0.15) is 0 Å². The number of unbranched alkanes of at least 4 members (excludes halogenated alkanes) is 1. The van der Waals surface area contributed by atoms with Crippen LogP contribution in [-0.4, -0.2) is 0 Å². The molecular formula is C25H38. The quantitative estimate of drug-likeness (QED) is 0.540. The van der Waals surface area contributed by atoms with Gasteiger partial charge in [-0.2, -0.15) is 0 Å². The van der Waals surface area contributed by atoms with E-state index in [-0.39, 0.29) is 0 Å². The van der Waals surface area contributed by atoms with Crippen molar-refractivity contribution in [3.8, 4) is 0 Å². The molecule has 25 heavy (non-hydrogen) atoms. The lowest BCUT2D eigenvalue weighted by Gasteiger charge is -2.41. The van der Waals surface area contributed by atoms with Gasteiger partial charge in [-0.05, 0) is 97.6 Å². The SMILES string of the molecule is CCCCC1CCc2cc(C3CCC4CC(C)CCC4C3)ccc2C1. The molecule has 0 amide bonds. The summed E-state index contributed by atoms with van der Waals surface area (Å²) in [6.45, 7) is 4.80. The van der Waals surface area contributed by atoms with Crippen LogP contribution < -0.4 is 0 Å². The first-order valence-electron chi connectivity index (χ1n) is 11.3. The monoisotopic (exact) mass is 338 g/mol. The van der Waals surface area contributed by atoms with Crippen molar-refractivity contribution in [3.05, 3.63) is 34.9 Å². The molecule has 3 aliphatic rings. The Bertz CT molecular complexity index is 571. The van der Waals surface area contributed by atoms with E-state index >= 15 is 0 Å². The molecule has 0 heteroatoms. The van der Waals surface area contributed by atoms with Gasteiger partial charge in [-0.3, -0.25) is 0 Å². The van der Waals surface area contributed by atoms with Gasteiger partial charge in [0.25, 0.3) is 0 Å². The molecule has 0 bridgehead atoms. The van der Waals surface area contributed by atoms with Crippen LogP contribution in [-0.2, 0) is 12.8 Å². The average Bonchev–Trinajstić information content (AvgIpc) is 2.65. The molecule has 4 rings (SSSR count). The molecule has 0 nitrogen and oxygen atoms in total. The molecule has 0 radical (unpaired) electrons. The maximum Gasteiger partial charge on any atom is -0.0159 e. The summed E-state index contributed by atoms with van der Waals surface area (Å²) in [5.74, 6) is 4.89. The van der Waals surface area contributed by atoms with E-state index in [9.17, 15) is 0 Å². The molecular weight excluding hydrogens is 300 g/mol. The number of rotatable bonds is 4. The molecule has 2 saturated carbocycles. The predicted molar refractivity (Wildman–Crippen MR) is 108 cm³/mol. The van der Waals surface area contributed by atoms with Gasteiger partial charge in [0, 0.05) is 0 Å². The number of benzene rings is 1. The van der Waals surface area contributed by atoms with Crippen molar-refractivity contribution >= 4 is 0 Å². The number of fused-ring (bicyclic) bond motifs is 2. The Labute approximate surface area is 155 Å². The Morgan fingerprint density at radius 3 is 2.64 bits per heavy atom. The summed E-state index contributed by atoms with van der Waals surface area (Å²) in [5.41, 5.74) is 5.06. The zero-order valence-electron chi connectivity index (χ0n) is 16.6. The fraction of sp³-hybridized carbons (Fsp3) is 0.760. The maximum absolute atomic E-state index is 2.63. The Balaban J connectivity index is 1.41. The van der Waals surface area contributed by atoms with E-state index in [0.717, 1.165) is 29.6 Å². The fourth-order valence-corrected chi connectivity index (χ4v) is 6.27. The van der Waals surface area contributed by atoms with Crippen molar-refractivity contribution in [1.29, 1.82) is 0 Å². The van der Waals surface area contributed by atoms with E-state index in [1.165, 1.54) is 77.0 Å². The van der Waals surface area contributed by atoms with Gasteiger partial charge in [0.2, 0.25) is 0 Å². The molecule has 0 aliphatic heterocycles. The maximum atomic E-state index is 2.63. The molecule has 0 heterocycles. The van der Waals surface area contributed by atoms with Crippen LogP contribution in [0, 0.1) is 23.7 Å². The normalized spacial score (nSPS) is 35.0. The molecule has 0 spiro atoms. The number of hydrogen-bond acceptors (Lipinski definition) is 0. The predicted octanol–water partition coefficient (Wildman–Crippen LogP) is 7.30. The van der Waals surface area contributed by atoms with Crippen LogP contribution in [0.2, 0.25) is 0 Å². The summed E-state index contributed by atoms with van der Waals surface area (Å²) < 4.78 is 0. The molecule has 0 saturated heterocycles. The molecule has 5 unspecified atom stereocenters. The molecule has 2 fully saturated rings. The number of hydrogen-bond donors (Lipinski definition) is 0. The molecule has 0 N–H and O–H groups in total. The molecule has 3 aliphatic carbocycles. The first-order valence-corrected chi connectivity index (χ1v) is 11.3. The van der Waals surface area contributed by atoms with Gasteiger partial charge >= 0.3 is 0 Å². The molecule has 138 valence electrons. The summed E-state index contributed by atoms with van der Waals surface area (Å²) in [6, 6.07) is 7.65. The van der Waals surface area contributed by atoms with Gasteiger partial charge in [0.15, 0.2) is 0 Å². The van der Waals surface area contributed by atoms with E-state index in [0.29, 0.717) is 0 Å². The summed E-state index contributed by atoms with van der Waals surface area (Å²) >= 11 is 0. The highest BCUT2D eigenvalue weighted by atomic mass is 14.4. The molecule has 0 aromatic heterocycles. The average molecular weight is 339 g/mol. The van der Waals surface area contributed by atoms with Crippen molar-refractivity contribution in [2.45, 2.75) is 96.8 Å². The van der Waals surface area contributed by atoms with E-state index < -0.39 is 0 Å². The standard InChI is InChI=1S/C25H38/c1-3-4-5-19-7-9-23-17-25(13-11-21(23)15-19)24-12-10-20-14-18(2)6-8-22(20)16-24/h11,13,17-20,22,24H,3-10,12,14-16H2,1-2H3. The highest BCUT2D eigenvalue weighted by Gasteiger charge is 2.35. The van der Waals surface area contributed by atoms with Crippen LogP contribution in [0.4, 0.5) is 0 Å². The number of aryl methyl sites for hydroxylation is 1. The van der Waals surface area contributed by atoms with Crippen molar-refractivity contribution in [2.75, 3.05) is 0 Å². The summed E-state index contributed by atoms with van der Waals surface area (Å²) in [4.78, 5) is 0. The minimum atomic E-state index is 0.859.